The summed E-state index contributed by atoms with van der Waals surface area (Å²) in [7, 11) is 0. The van der Waals surface area contributed by atoms with Gasteiger partial charge in [-0.3, -0.25) is 0 Å². The summed E-state index contributed by atoms with van der Waals surface area (Å²) in [6.45, 7) is 5.76. The summed E-state index contributed by atoms with van der Waals surface area (Å²) < 4.78 is 5.22. The number of nitrogens with two attached hydrogens (primary N) is 1. The normalized spacial score (nSPS) is 9.88. The van der Waals surface area contributed by atoms with Crippen LogP contribution in [0.1, 0.15) is 5.69 Å². The summed E-state index contributed by atoms with van der Waals surface area (Å²) >= 11 is 0. The highest BCUT2D eigenvalue weighted by Crippen LogP contribution is 2.24. The molecule has 6 nitrogen and oxygen atoms in total. The second-order valence-corrected chi connectivity index (χ2v) is 3.27. The minimum atomic E-state index is -0.576. The van der Waals surface area contributed by atoms with Crippen molar-refractivity contribution >= 4 is 5.82 Å². The summed E-state index contributed by atoms with van der Waals surface area (Å²) in [5.74, 6) is -0.157. The standard InChI is InChI=1S/C10H13N3O3/c1-7(5-11)6-16-9-4-3-8(2)12-10(9)13(14)15/h3-4H,1,5-6,11H2,2H3. The van der Waals surface area contributed by atoms with Gasteiger partial charge in [0.25, 0.3) is 0 Å². The molecular weight excluding hydrogens is 210 g/mol. The number of aryl methyl sites for hydroxylation is 1. The van der Waals surface area contributed by atoms with Gasteiger partial charge in [0.2, 0.25) is 5.75 Å². The fourth-order valence-electron chi connectivity index (χ4n) is 1.01. The number of ether oxygens (including phenoxy) is 1. The molecule has 0 spiro atoms. The molecule has 0 aliphatic heterocycles. The highest BCUT2D eigenvalue weighted by molar-refractivity contribution is 5.40. The Hall–Kier alpha value is -1.95. The van der Waals surface area contributed by atoms with E-state index in [-0.39, 0.29) is 24.7 Å². The summed E-state index contributed by atoms with van der Waals surface area (Å²) in [5, 5.41) is 10.7. The quantitative estimate of drug-likeness (QED) is 0.460. The molecule has 0 saturated carbocycles. The van der Waals surface area contributed by atoms with E-state index >= 15 is 0 Å². The molecule has 16 heavy (non-hydrogen) atoms. The lowest BCUT2D eigenvalue weighted by molar-refractivity contribution is -0.390. The van der Waals surface area contributed by atoms with E-state index in [9.17, 15) is 10.1 Å². The highest BCUT2D eigenvalue weighted by Gasteiger charge is 2.17. The third-order valence-corrected chi connectivity index (χ3v) is 1.87. The third-order valence-electron chi connectivity index (χ3n) is 1.87. The van der Waals surface area contributed by atoms with E-state index < -0.39 is 4.92 Å². The number of nitrogens with zero attached hydrogens (tertiary/aromatic N) is 2. The molecule has 0 amide bonds. The van der Waals surface area contributed by atoms with Crippen LogP contribution in [0.2, 0.25) is 0 Å². The van der Waals surface area contributed by atoms with Gasteiger partial charge in [0.15, 0.2) is 0 Å². The molecule has 0 fully saturated rings. The Morgan fingerprint density at radius 2 is 2.38 bits per heavy atom. The SMILES string of the molecule is C=C(CN)COc1ccc(C)nc1[N+](=O)[O-]. The monoisotopic (exact) mass is 223 g/mol. The Balaban J connectivity index is 2.87. The number of nitro groups is 1. The van der Waals surface area contributed by atoms with Gasteiger partial charge in [-0.2, -0.15) is 0 Å². The zero-order chi connectivity index (χ0) is 12.1. The number of aromatic nitrogens is 1. The van der Waals surface area contributed by atoms with Gasteiger partial charge in [-0.05, 0) is 27.6 Å². The third kappa shape index (κ3) is 3.03. The van der Waals surface area contributed by atoms with Crippen molar-refractivity contribution in [3.8, 4) is 5.75 Å². The lowest BCUT2D eigenvalue weighted by atomic mass is 10.3. The second kappa shape index (κ2) is 5.22. The highest BCUT2D eigenvalue weighted by atomic mass is 16.6. The van der Waals surface area contributed by atoms with E-state index in [1.165, 1.54) is 6.07 Å². The van der Waals surface area contributed by atoms with Gasteiger partial charge in [0.1, 0.15) is 12.3 Å². The Morgan fingerprint density at radius 1 is 1.69 bits per heavy atom. The van der Waals surface area contributed by atoms with Crippen molar-refractivity contribution < 1.29 is 9.66 Å². The van der Waals surface area contributed by atoms with Crippen molar-refractivity contribution in [1.82, 2.24) is 4.98 Å². The van der Waals surface area contributed by atoms with Gasteiger partial charge < -0.3 is 20.6 Å². The Labute approximate surface area is 92.9 Å². The molecule has 0 bridgehead atoms. The smallest absolute Gasteiger partial charge is 0.406 e. The van der Waals surface area contributed by atoms with Gasteiger partial charge >= 0.3 is 5.82 Å². The molecule has 0 aromatic carbocycles. The van der Waals surface area contributed by atoms with Crippen LogP contribution in [0.15, 0.2) is 24.3 Å². The maximum atomic E-state index is 10.7. The van der Waals surface area contributed by atoms with Crippen molar-refractivity contribution in [1.29, 1.82) is 0 Å². The van der Waals surface area contributed by atoms with Crippen LogP contribution in [0.4, 0.5) is 5.82 Å². The molecule has 0 aliphatic carbocycles. The molecule has 1 aromatic heterocycles. The van der Waals surface area contributed by atoms with E-state index in [0.717, 1.165) is 0 Å². The van der Waals surface area contributed by atoms with Crippen LogP contribution in [-0.4, -0.2) is 23.1 Å². The molecule has 1 heterocycles. The average molecular weight is 223 g/mol. The Morgan fingerprint density at radius 3 is 2.94 bits per heavy atom. The molecule has 0 aliphatic rings. The fourth-order valence-corrected chi connectivity index (χ4v) is 1.01. The molecule has 6 heteroatoms. The van der Waals surface area contributed by atoms with Crippen LogP contribution in [0.25, 0.3) is 0 Å². The first kappa shape index (κ1) is 12.1. The van der Waals surface area contributed by atoms with Crippen LogP contribution < -0.4 is 10.5 Å². The van der Waals surface area contributed by atoms with E-state index in [4.69, 9.17) is 10.5 Å². The maximum Gasteiger partial charge on any atom is 0.406 e. The minimum Gasteiger partial charge on any atom is -0.481 e. The second-order valence-electron chi connectivity index (χ2n) is 3.27. The van der Waals surface area contributed by atoms with Crippen LogP contribution in [0, 0.1) is 17.0 Å². The molecule has 0 atom stereocenters. The molecule has 0 unspecified atom stereocenters. The summed E-state index contributed by atoms with van der Waals surface area (Å²) in [4.78, 5) is 13.9. The first-order valence-electron chi connectivity index (χ1n) is 4.66. The largest absolute Gasteiger partial charge is 0.481 e. The van der Waals surface area contributed by atoms with E-state index in [2.05, 4.69) is 11.6 Å². The summed E-state index contributed by atoms with van der Waals surface area (Å²) in [6.07, 6.45) is 0. The number of pyridine rings is 1. The van der Waals surface area contributed by atoms with Crippen LogP contribution >= 0.6 is 0 Å². The molecule has 1 rings (SSSR count). The summed E-state index contributed by atoms with van der Waals surface area (Å²) in [6, 6.07) is 3.16. The number of rotatable bonds is 5. The van der Waals surface area contributed by atoms with Gasteiger partial charge in [-0.1, -0.05) is 6.58 Å². The zero-order valence-electron chi connectivity index (χ0n) is 8.97. The van der Waals surface area contributed by atoms with Gasteiger partial charge in [-0.25, -0.2) is 0 Å². The van der Waals surface area contributed by atoms with Crippen molar-refractivity contribution in [3.63, 3.8) is 0 Å². The molecule has 1 aromatic rings. The van der Waals surface area contributed by atoms with Crippen molar-refractivity contribution in [3.05, 3.63) is 40.1 Å². The van der Waals surface area contributed by atoms with Gasteiger partial charge in [-0.15, -0.1) is 0 Å². The van der Waals surface area contributed by atoms with Crippen molar-refractivity contribution in [2.45, 2.75) is 6.92 Å². The predicted octanol–water partition coefficient (Wildman–Crippen LogP) is 1.19. The molecular formula is C10H13N3O3. The van der Waals surface area contributed by atoms with Crippen LogP contribution in [-0.2, 0) is 0 Å². The zero-order valence-corrected chi connectivity index (χ0v) is 8.97. The first-order valence-corrected chi connectivity index (χ1v) is 4.66. The maximum absolute atomic E-state index is 10.7. The van der Waals surface area contributed by atoms with E-state index in [0.29, 0.717) is 11.3 Å². The predicted molar refractivity (Wildman–Crippen MR) is 59.3 cm³/mol. The topological polar surface area (TPSA) is 91.3 Å². The molecule has 86 valence electrons. The molecule has 0 radical (unpaired) electrons. The van der Waals surface area contributed by atoms with Crippen molar-refractivity contribution in [2.24, 2.45) is 5.73 Å². The number of hydrogen-bond acceptors (Lipinski definition) is 5. The van der Waals surface area contributed by atoms with E-state index in [1.807, 2.05) is 0 Å². The molecule has 2 N–H and O–H groups in total. The van der Waals surface area contributed by atoms with Gasteiger partial charge in [0.05, 0.1) is 0 Å². The lowest BCUT2D eigenvalue weighted by Crippen LogP contribution is -2.11. The van der Waals surface area contributed by atoms with Crippen molar-refractivity contribution in [2.75, 3.05) is 13.2 Å². The Bertz CT molecular complexity index is 418. The van der Waals surface area contributed by atoms with E-state index in [1.54, 1.807) is 13.0 Å². The van der Waals surface area contributed by atoms with Gasteiger partial charge in [0, 0.05) is 13.5 Å². The van der Waals surface area contributed by atoms with Crippen LogP contribution in [0.5, 0.6) is 5.75 Å². The average Bonchev–Trinajstić information content (AvgIpc) is 2.26. The number of hydrogen-bond donors (Lipinski definition) is 1. The summed E-state index contributed by atoms with van der Waals surface area (Å²) in [5.41, 5.74) is 6.56. The molecule has 0 saturated heterocycles. The Kier molecular flexibility index (Phi) is 3.96. The fraction of sp³-hybridized carbons (Fsp3) is 0.300. The first-order chi connectivity index (χ1) is 7.54. The minimum absolute atomic E-state index is 0.130. The lowest BCUT2D eigenvalue weighted by Gasteiger charge is -2.06. The van der Waals surface area contributed by atoms with Crippen LogP contribution in [0.3, 0.4) is 0 Å².